The van der Waals surface area contributed by atoms with Gasteiger partial charge in [-0.1, -0.05) is 36.4 Å². The molecule has 2 aromatic rings. The Hall–Kier alpha value is -2.55. The van der Waals surface area contributed by atoms with Gasteiger partial charge in [0.25, 0.3) is 0 Å². The lowest BCUT2D eigenvalue weighted by atomic mass is 10.0. The van der Waals surface area contributed by atoms with Gasteiger partial charge in [-0.3, -0.25) is 0 Å². The lowest BCUT2D eigenvalue weighted by Gasteiger charge is -2.09. The molecule has 0 atom stereocenters. The molecule has 3 nitrogen and oxygen atoms in total. The third-order valence-electron chi connectivity index (χ3n) is 3.86. The molecule has 0 aromatic heterocycles. The predicted octanol–water partition coefficient (Wildman–Crippen LogP) is 4.07. The van der Waals surface area contributed by atoms with E-state index in [4.69, 9.17) is 4.74 Å². The van der Waals surface area contributed by atoms with Crippen LogP contribution in [-0.4, -0.2) is 11.1 Å². The summed E-state index contributed by atoms with van der Waals surface area (Å²) < 4.78 is 5.82. The van der Waals surface area contributed by atoms with Crippen LogP contribution in [0, 0.1) is 0 Å². The molecule has 0 unspecified atom stereocenters. The standard InChI is InChI=1S/C19H18O3/c20-19(21)16-8-4-7-15-9-10-18(12-17(15)11-16)22-13-14-5-2-1-3-6-14/h1-3,5-6,9-12H,4,7-8,13H2,(H,20,21). The van der Waals surface area contributed by atoms with E-state index in [2.05, 4.69) is 0 Å². The van der Waals surface area contributed by atoms with Crippen LogP contribution in [0.4, 0.5) is 0 Å². The Morgan fingerprint density at radius 1 is 1.09 bits per heavy atom. The average molecular weight is 294 g/mol. The fourth-order valence-electron chi connectivity index (χ4n) is 2.66. The first-order valence-corrected chi connectivity index (χ1v) is 7.46. The molecule has 3 heteroatoms. The Labute approximate surface area is 129 Å². The normalized spacial score (nSPS) is 13.7. The fourth-order valence-corrected chi connectivity index (χ4v) is 2.66. The Bertz CT molecular complexity index is 702. The van der Waals surface area contributed by atoms with Crippen LogP contribution in [0.15, 0.2) is 54.1 Å². The van der Waals surface area contributed by atoms with Crippen molar-refractivity contribution in [1.29, 1.82) is 0 Å². The van der Waals surface area contributed by atoms with Gasteiger partial charge in [0.2, 0.25) is 0 Å². The highest BCUT2D eigenvalue weighted by Crippen LogP contribution is 2.27. The minimum atomic E-state index is -0.830. The van der Waals surface area contributed by atoms with E-state index in [9.17, 15) is 9.90 Å². The van der Waals surface area contributed by atoms with E-state index >= 15 is 0 Å². The van der Waals surface area contributed by atoms with Crippen LogP contribution in [-0.2, 0) is 17.8 Å². The first-order chi connectivity index (χ1) is 10.7. The summed E-state index contributed by atoms with van der Waals surface area (Å²) in [6.07, 6.45) is 4.17. The molecule has 0 fully saturated rings. The van der Waals surface area contributed by atoms with E-state index in [0.29, 0.717) is 18.6 Å². The SMILES string of the molecule is O=C(O)C1=Cc2cc(OCc3ccccc3)ccc2CCC1. The predicted molar refractivity (Wildman–Crippen MR) is 85.8 cm³/mol. The summed E-state index contributed by atoms with van der Waals surface area (Å²) in [6.45, 7) is 0.509. The van der Waals surface area contributed by atoms with Crippen LogP contribution in [0.25, 0.3) is 6.08 Å². The molecule has 1 N–H and O–H groups in total. The number of aliphatic carboxylic acids is 1. The van der Waals surface area contributed by atoms with Crippen LogP contribution >= 0.6 is 0 Å². The molecule has 0 radical (unpaired) electrons. The molecular formula is C19H18O3. The molecule has 0 aliphatic heterocycles. The highest BCUT2D eigenvalue weighted by molar-refractivity contribution is 5.92. The molecule has 2 aromatic carbocycles. The third kappa shape index (κ3) is 3.37. The number of ether oxygens (including phenoxy) is 1. The largest absolute Gasteiger partial charge is 0.489 e. The lowest BCUT2D eigenvalue weighted by Crippen LogP contribution is -1.99. The molecule has 112 valence electrons. The van der Waals surface area contributed by atoms with Gasteiger partial charge in [0.05, 0.1) is 0 Å². The number of benzene rings is 2. The van der Waals surface area contributed by atoms with Crippen LogP contribution in [0.2, 0.25) is 0 Å². The minimum absolute atomic E-state index is 0.471. The van der Waals surface area contributed by atoms with Gasteiger partial charge in [0, 0.05) is 5.57 Å². The minimum Gasteiger partial charge on any atom is -0.489 e. The smallest absolute Gasteiger partial charge is 0.331 e. The number of aryl methyl sites for hydroxylation is 1. The molecule has 0 spiro atoms. The Morgan fingerprint density at radius 3 is 2.68 bits per heavy atom. The first kappa shape index (κ1) is 14.4. The molecule has 0 saturated carbocycles. The molecule has 22 heavy (non-hydrogen) atoms. The van der Waals surface area contributed by atoms with Gasteiger partial charge in [0.15, 0.2) is 0 Å². The van der Waals surface area contributed by atoms with Crippen LogP contribution in [0.3, 0.4) is 0 Å². The summed E-state index contributed by atoms with van der Waals surface area (Å²) in [4.78, 5) is 11.2. The van der Waals surface area contributed by atoms with E-state index in [1.54, 1.807) is 6.08 Å². The maximum Gasteiger partial charge on any atom is 0.331 e. The second-order valence-electron chi connectivity index (χ2n) is 5.46. The maximum atomic E-state index is 11.2. The fraction of sp³-hybridized carbons (Fsp3) is 0.211. The zero-order valence-corrected chi connectivity index (χ0v) is 12.3. The monoisotopic (exact) mass is 294 g/mol. The number of hydrogen-bond donors (Lipinski definition) is 1. The van der Waals surface area contributed by atoms with Crippen LogP contribution in [0.1, 0.15) is 29.5 Å². The highest BCUT2D eigenvalue weighted by atomic mass is 16.5. The van der Waals surface area contributed by atoms with Crippen molar-refractivity contribution in [3.63, 3.8) is 0 Å². The van der Waals surface area contributed by atoms with Crippen molar-refractivity contribution in [2.24, 2.45) is 0 Å². The number of hydrogen-bond acceptors (Lipinski definition) is 2. The van der Waals surface area contributed by atoms with Crippen molar-refractivity contribution in [3.05, 3.63) is 70.8 Å². The molecule has 0 amide bonds. The summed E-state index contributed by atoms with van der Waals surface area (Å²) in [5.41, 5.74) is 3.72. The summed E-state index contributed by atoms with van der Waals surface area (Å²) >= 11 is 0. The molecule has 0 saturated heterocycles. The average Bonchev–Trinajstić information content (AvgIpc) is 2.76. The Balaban J connectivity index is 1.80. The lowest BCUT2D eigenvalue weighted by molar-refractivity contribution is -0.132. The molecule has 3 rings (SSSR count). The third-order valence-corrected chi connectivity index (χ3v) is 3.86. The van der Waals surface area contributed by atoms with Crippen molar-refractivity contribution >= 4 is 12.0 Å². The second kappa shape index (κ2) is 6.48. The number of fused-ring (bicyclic) bond motifs is 1. The second-order valence-corrected chi connectivity index (χ2v) is 5.46. The number of carboxylic acid groups (broad SMARTS) is 1. The van der Waals surface area contributed by atoms with E-state index < -0.39 is 5.97 Å². The molecule has 0 heterocycles. The number of rotatable bonds is 4. The van der Waals surface area contributed by atoms with Crippen molar-refractivity contribution in [2.75, 3.05) is 0 Å². The van der Waals surface area contributed by atoms with Gasteiger partial charge < -0.3 is 9.84 Å². The van der Waals surface area contributed by atoms with Crippen molar-refractivity contribution < 1.29 is 14.6 Å². The van der Waals surface area contributed by atoms with Gasteiger partial charge in [0.1, 0.15) is 12.4 Å². The maximum absolute atomic E-state index is 11.2. The zero-order chi connectivity index (χ0) is 15.4. The van der Waals surface area contributed by atoms with Gasteiger partial charge in [-0.2, -0.15) is 0 Å². The first-order valence-electron chi connectivity index (χ1n) is 7.46. The van der Waals surface area contributed by atoms with E-state index in [1.165, 1.54) is 5.56 Å². The van der Waals surface area contributed by atoms with Gasteiger partial charge in [-0.15, -0.1) is 0 Å². The summed E-state index contributed by atoms with van der Waals surface area (Å²) in [5, 5.41) is 9.21. The molecule has 0 bridgehead atoms. The quantitative estimate of drug-likeness (QED) is 0.924. The highest BCUT2D eigenvalue weighted by Gasteiger charge is 2.14. The summed E-state index contributed by atoms with van der Waals surface area (Å²) in [7, 11) is 0. The zero-order valence-electron chi connectivity index (χ0n) is 12.3. The number of carboxylic acids is 1. The Morgan fingerprint density at radius 2 is 1.91 bits per heavy atom. The van der Waals surface area contributed by atoms with Crippen molar-refractivity contribution in [2.45, 2.75) is 25.9 Å². The van der Waals surface area contributed by atoms with Gasteiger partial charge in [-0.05, 0) is 54.2 Å². The Kier molecular flexibility index (Phi) is 4.24. The van der Waals surface area contributed by atoms with E-state index in [-0.39, 0.29) is 0 Å². The van der Waals surface area contributed by atoms with Crippen LogP contribution in [0.5, 0.6) is 5.75 Å². The number of carbonyl (C=O) groups is 1. The van der Waals surface area contributed by atoms with Gasteiger partial charge >= 0.3 is 5.97 Å². The topological polar surface area (TPSA) is 46.5 Å². The molecule has 1 aliphatic rings. The summed E-state index contributed by atoms with van der Waals surface area (Å²) in [5.74, 6) is -0.0612. The van der Waals surface area contributed by atoms with Crippen molar-refractivity contribution in [3.8, 4) is 5.75 Å². The van der Waals surface area contributed by atoms with E-state index in [1.807, 2.05) is 48.5 Å². The summed E-state index contributed by atoms with van der Waals surface area (Å²) in [6, 6.07) is 15.9. The van der Waals surface area contributed by atoms with Crippen molar-refractivity contribution in [1.82, 2.24) is 0 Å². The van der Waals surface area contributed by atoms with Gasteiger partial charge in [-0.25, -0.2) is 4.79 Å². The van der Waals surface area contributed by atoms with Crippen LogP contribution < -0.4 is 4.74 Å². The van der Waals surface area contributed by atoms with E-state index in [0.717, 1.165) is 29.7 Å². The molecule has 1 aliphatic carbocycles. The molecular weight excluding hydrogens is 276 g/mol.